The lowest BCUT2D eigenvalue weighted by Gasteiger charge is -2.12. The molecule has 2 aromatic rings. The van der Waals surface area contributed by atoms with Gasteiger partial charge in [-0.1, -0.05) is 15.9 Å². The molecule has 0 aliphatic heterocycles. The van der Waals surface area contributed by atoms with E-state index in [-0.39, 0.29) is 5.88 Å². The first kappa shape index (κ1) is 13.4. The van der Waals surface area contributed by atoms with Gasteiger partial charge in [-0.3, -0.25) is 0 Å². The summed E-state index contributed by atoms with van der Waals surface area (Å²) in [5, 5.41) is 9.15. The van der Waals surface area contributed by atoms with Gasteiger partial charge in [0.25, 0.3) is 0 Å². The van der Waals surface area contributed by atoms with Crippen LogP contribution in [0.5, 0.6) is 11.6 Å². The molecule has 2 rings (SSSR count). The van der Waals surface area contributed by atoms with E-state index in [1.807, 2.05) is 19.9 Å². The molecule has 0 saturated carbocycles. The number of halogens is 1. The number of benzene rings is 1. The van der Waals surface area contributed by atoms with Crippen molar-refractivity contribution < 1.29 is 4.74 Å². The monoisotopic (exact) mass is 317 g/mol. The molecule has 0 spiro atoms. The molecule has 0 saturated heterocycles. The molecule has 2 N–H and O–H groups in total. The minimum absolute atomic E-state index is 0.277. The number of rotatable bonds is 2. The number of aryl methyl sites for hydroxylation is 2. The quantitative estimate of drug-likeness (QED) is 0.857. The average molecular weight is 318 g/mol. The lowest BCUT2D eigenvalue weighted by molar-refractivity contribution is 0.459. The smallest absolute Gasteiger partial charge is 0.237 e. The molecule has 5 heteroatoms. The molecule has 0 atom stereocenters. The summed E-state index contributed by atoms with van der Waals surface area (Å²) in [7, 11) is 0. The van der Waals surface area contributed by atoms with Crippen molar-refractivity contribution in [3.05, 3.63) is 45.6 Å². The predicted molar refractivity (Wildman–Crippen MR) is 77.1 cm³/mol. The summed E-state index contributed by atoms with van der Waals surface area (Å²) in [5.74, 6) is 0.803. The molecule has 0 amide bonds. The largest absolute Gasteiger partial charge is 0.435 e. The van der Waals surface area contributed by atoms with Crippen LogP contribution in [0.3, 0.4) is 0 Å². The molecule has 0 aliphatic rings. The summed E-state index contributed by atoms with van der Waals surface area (Å²) in [6.45, 7) is 3.73. The number of aromatic nitrogens is 1. The van der Waals surface area contributed by atoms with Crippen LogP contribution >= 0.6 is 15.9 Å². The maximum atomic E-state index is 9.15. The Morgan fingerprint density at radius 3 is 2.68 bits per heavy atom. The van der Waals surface area contributed by atoms with Crippen molar-refractivity contribution >= 4 is 21.6 Å². The van der Waals surface area contributed by atoms with E-state index in [0.29, 0.717) is 17.0 Å². The Morgan fingerprint density at radius 2 is 2.05 bits per heavy atom. The van der Waals surface area contributed by atoms with Crippen LogP contribution in [-0.2, 0) is 0 Å². The molecule has 1 heterocycles. The van der Waals surface area contributed by atoms with E-state index in [1.165, 1.54) is 0 Å². The molecule has 0 bridgehead atoms. The van der Waals surface area contributed by atoms with Crippen molar-refractivity contribution in [2.24, 2.45) is 0 Å². The van der Waals surface area contributed by atoms with E-state index < -0.39 is 0 Å². The van der Waals surface area contributed by atoms with Crippen LogP contribution in [-0.4, -0.2) is 4.98 Å². The zero-order chi connectivity index (χ0) is 14.0. The number of pyridine rings is 1. The van der Waals surface area contributed by atoms with Gasteiger partial charge in [-0.05, 0) is 43.2 Å². The van der Waals surface area contributed by atoms with Gasteiger partial charge < -0.3 is 10.5 Å². The summed E-state index contributed by atoms with van der Waals surface area (Å²) < 4.78 is 6.60. The van der Waals surface area contributed by atoms with Gasteiger partial charge in [-0.15, -0.1) is 0 Å². The highest BCUT2D eigenvalue weighted by Gasteiger charge is 2.13. The third kappa shape index (κ3) is 2.69. The minimum atomic E-state index is 0.277. The molecule has 96 valence electrons. The summed E-state index contributed by atoms with van der Waals surface area (Å²) in [6.07, 6.45) is 1.61. The number of nitriles is 1. The van der Waals surface area contributed by atoms with E-state index in [4.69, 9.17) is 15.7 Å². The first-order valence-electron chi connectivity index (χ1n) is 5.62. The number of hydrogen-bond acceptors (Lipinski definition) is 4. The summed E-state index contributed by atoms with van der Waals surface area (Å²) in [4.78, 5) is 4.10. The van der Waals surface area contributed by atoms with Crippen LogP contribution in [0.1, 0.15) is 16.7 Å². The molecule has 0 fully saturated rings. The first-order chi connectivity index (χ1) is 9.02. The molecule has 0 radical (unpaired) electrons. The second kappa shape index (κ2) is 5.29. The number of nitrogen functional groups attached to an aromatic ring is 1. The number of nitrogens with zero attached hydrogens (tertiary/aromatic N) is 2. The van der Waals surface area contributed by atoms with Crippen molar-refractivity contribution in [1.29, 1.82) is 5.26 Å². The molecule has 19 heavy (non-hydrogen) atoms. The van der Waals surface area contributed by atoms with Crippen molar-refractivity contribution in [2.75, 3.05) is 5.73 Å². The van der Waals surface area contributed by atoms with Gasteiger partial charge in [0.2, 0.25) is 5.88 Å². The minimum Gasteiger partial charge on any atom is -0.435 e. The standard InChI is InChI=1S/C14H12BrN3O/c1-8-3-4-18-14(11(8)7-16)19-13-9(2)5-10(15)6-12(13)17/h3-6H,17H2,1-2H3. The molecular formula is C14H12BrN3O. The van der Waals surface area contributed by atoms with E-state index in [0.717, 1.165) is 15.6 Å². The molecular weight excluding hydrogens is 306 g/mol. The highest BCUT2D eigenvalue weighted by molar-refractivity contribution is 9.10. The van der Waals surface area contributed by atoms with E-state index in [2.05, 4.69) is 27.0 Å². The van der Waals surface area contributed by atoms with E-state index in [9.17, 15) is 0 Å². The van der Waals surface area contributed by atoms with Crippen molar-refractivity contribution in [3.8, 4) is 17.7 Å². The molecule has 1 aromatic heterocycles. The van der Waals surface area contributed by atoms with Crippen LogP contribution in [0.2, 0.25) is 0 Å². The molecule has 0 aliphatic carbocycles. The van der Waals surface area contributed by atoms with Crippen LogP contribution < -0.4 is 10.5 Å². The fourth-order valence-corrected chi connectivity index (χ4v) is 2.33. The molecule has 1 aromatic carbocycles. The topological polar surface area (TPSA) is 71.9 Å². The molecule has 0 unspecified atom stereocenters. The second-order valence-corrected chi connectivity index (χ2v) is 5.08. The number of hydrogen-bond donors (Lipinski definition) is 1. The number of nitrogens with two attached hydrogens (primary N) is 1. The third-order valence-electron chi connectivity index (χ3n) is 2.70. The van der Waals surface area contributed by atoms with Crippen LogP contribution in [0.4, 0.5) is 5.69 Å². The van der Waals surface area contributed by atoms with Gasteiger partial charge in [0.05, 0.1) is 5.69 Å². The Balaban J connectivity index is 2.49. The van der Waals surface area contributed by atoms with Crippen LogP contribution in [0, 0.1) is 25.2 Å². The first-order valence-corrected chi connectivity index (χ1v) is 6.41. The van der Waals surface area contributed by atoms with Gasteiger partial charge in [-0.25, -0.2) is 4.98 Å². The Bertz CT molecular complexity index is 654. The maximum absolute atomic E-state index is 9.15. The fourth-order valence-electron chi connectivity index (χ4n) is 1.74. The van der Waals surface area contributed by atoms with Gasteiger partial charge in [0.15, 0.2) is 5.75 Å². The van der Waals surface area contributed by atoms with Crippen LogP contribution in [0.15, 0.2) is 28.9 Å². The lowest BCUT2D eigenvalue weighted by Crippen LogP contribution is -1.99. The second-order valence-electron chi connectivity index (χ2n) is 4.16. The average Bonchev–Trinajstić information content (AvgIpc) is 2.34. The predicted octanol–water partition coefficient (Wildman–Crippen LogP) is 3.71. The van der Waals surface area contributed by atoms with E-state index in [1.54, 1.807) is 18.3 Å². The van der Waals surface area contributed by atoms with Crippen LogP contribution in [0.25, 0.3) is 0 Å². The highest BCUT2D eigenvalue weighted by Crippen LogP contribution is 2.34. The fraction of sp³-hybridized carbons (Fsp3) is 0.143. The Morgan fingerprint density at radius 1 is 1.32 bits per heavy atom. The normalized spacial score (nSPS) is 10.0. The lowest BCUT2D eigenvalue weighted by atomic mass is 10.1. The van der Waals surface area contributed by atoms with Crippen molar-refractivity contribution in [1.82, 2.24) is 4.98 Å². The zero-order valence-electron chi connectivity index (χ0n) is 10.6. The number of anilines is 1. The Kier molecular flexibility index (Phi) is 3.72. The third-order valence-corrected chi connectivity index (χ3v) is 3.16. The summed E-state index contributed by atoms with van der Waals surface area (Å²) in [5.41, 5.74) is 8.55. The van der Waals surface area contributed by atoms with Gasteiger partial charge in [-0.2, -0.15) is 5.26 Å². The highest BCUT2D eigenvalue weighted by atomic mass is 79.9. The number of ether oxygens (including phenoxy) is 1. The zero-order valence-corrected chi connectivity index (χ0v) is 12.2. The maximum Gasteiger partial charge on any atom is 0.237 e. The Labute approximate surface area is 120 Å². The van der Waals surface area contributed by atoms with E-state index >= 15 is 0 Å². The summed E-state index contributed by atoms with van der Waals surface area (Å²) >= 11 is 3.37. The van der Waals surface area contributed by atoms with Gasteiger partial charge in [0.1, 0.15) is 11.6 Å². The van der Waals surface area contributed by atoms with Gasteiger partial charge in [0, 0.05) is 10.7 Å². The van der Waals surface area contributed by atoms with Gasteiger partial charge >= 0.3 is 0 Å². The SMILES string of the molecule is Cc1ccnc(Oc2c(C)cc(Br)cc2N)c1C#N. The molecule has 4 nitrogen and oxygen atoms in total. The summed E-state index contributed by atoms with van der Waals surface area (Å²) in [6, 6.07) is 7.51. The van der Waals surface area contributed by atoms with Crippen molar-refractivity contribution in [3.63, 3.8) is 0 Å². The Hall–Kier alpha value is -2.06. The van der Waals surface area contributed by atoms with Crippen molar-refractivity contribution in [2.45, 2.75) is 13.8 Å².